The minimum atomic E-state index is -0.334. The first-order chi connectivity index (χ1) is 13.8. The van der Waals surface area contributed by atoms with E-state index in [1.807, 2.05) is 0 Å². The van der Waals surface area contributed by atoms with Crippen molar-refractivity contribution in [2.24, 2.45) is 0 Å². The Labute approximate surface area is 168 Å². The van der Waals surface area contributed by atoms with Crippen LogP contribution in [0.2, 0.25) is 0 Å². The molecule has 5 amide bonds. The zero-order chi connectivity index (χ0) is 21.0. The van der Waals surface area contributed by atoms with Gasteiger partial charge in [0.2, 0.25) is 17.7 Å². The summed E-state index contributed by atoms with van der Waals surface area (Å²) in [7, 11) is 1.57. The van der Waals surface area contributed by atoms with Crippen LogP contribution in [0.5, 0.6) is 0 Å². The highest BCUT2D eigenvalue weighted by molar-refractivity contribution is 6.01. The molecule has 8 nitrogen and oxygen atoms in total. The van der Waals surface area contributed by atoms with Gasteiger partial charge in [0.25, 0.3) is 0 Å². The Morgan fingerprint density at radius 2 is 1.55 bits per heavy atom. The summed E-state index contributed by atoms with van der Waals surface area (Å²) in [6.45, 7) is 2.15. The van der Waals surface area contributed by atoms with Crippen molar-refractivity contribution < 1.29 is 23.6 Å². The molecule has 0 aliphatic carbocycles. The molecule has 0 radical (unpaired) electrons. The van der Waals surface area contributed by atoms with Crippen molar-refractivity contribution in [2.45, 2.75) is 19.3 Å². The van der Waals surface area contributed by atoms with Gasteiger partial charge in [-0.1, -0.05) is 12.1 Å². The monoisotopic (exact) mass is 404 g/mol. The summed E-state index contributed by atoms with van der Waals surface area (Å²) in [6.07, 6.45) is 0.888. The number of carbonyl (C=O) groups excluding carboxylic acids is 4. The number of carbonyl (C=O) groups is 4. The molecule has 2 heterocycles. The molecule has 1 aromatic rings. The van der Waals surface area contributed by atoms with Gasteiger partial charge < -0.3 is 14.7 Å². The molecule has 0 unspecified atom stereocenters. The third-order valence-corrected chi connectivity index (χ3v) is 5.26. The minimum absolute atomic E-state index is 0.0388. The number of halogens is 1. The number of hydrogen-bond donors (Lipinski definition) is 0. The molecule has 0 atom stereocenters. The van der Waals surface area contributed by atoms with Gasteiger partial charge in [0.05, 0.1) is 6.42 Å². The van der Waals surface area contributed by atoms with Gasteiger partial charge in [-0.3, -0.25) is 19.3 Å². The highest BCUT2D eigenvalue weighted by Crippen LogP contribution is 2.12. The van der Waals surface area contributed by atoms with Crippen LogP contribution in [-0.2, 0) is 20.8 Å². The number of imide groups is 1. The smallest absolute Gasteiger partial charge is 0.326 e. The van der Waals surface area contributed by atoms with Crippen LogP contribution in [-0.4, -0.2) is 89.7 Å². The average Bonchev–Trinajstić information content (AvgIpc) is 2.95. The third kappa shape index (κ3) is 5.10. The molecule has 9 heteroatoms. The zero-order valence-electron chi connectivity index (χ0n) is 16.5. The third-order valence-electron chi connectivity index (χ3n) is 5.26. The lowest BCUT2D eigenvalue weighted by Gasteiger charge is -2.35. The van der Waals surface area contributed by atoms with E-state index in [-0.39, 0.29) is 55.5 Å². The Bertz CT molecular complexity index is 790. The molecular formula is C20H25FN4O4. The van der Waals surface area contributed by atoms with Crippen molar-refractivity contribution >= 4 is 23.8 Å². The van der Waals surface area contributed by atoms with Gasteiger partial charge in [0, 0.05) is 46.2 Å². The van der Waals surface area contributed by atoms with Crippen molar-refractivity contribution in [1.82, 2.24) is 19.6 Å². The Kier molecular flexibility index (Phi) is 6.46. The van der Waals surface area contributed by atoms with Crippen LogP contribution in [0.15, 0.2) is 24.3 Å². The highest BCUT2D eigenvalue weighted by Gasteiger charge is 2.33. The summed E-state index contributed by atoms with van der Waals surface area (Å²) in [5.41, 5.74) is 0.756. The van der Waals surface area contributed by atoms with Crippen LogP contribution >= 0.6 is 0 Å². The molecule has 0 aromatic heterocycles. The minimum Gasteiger partial charge on any atom is -0.339 e. The SMILES string of the molecule is CN1CC(=O)N(CCCC(=O)N2CCN(C(=O)Cc3ccc(F)cc3)CC2)C1=O. The van der Waals surface area contributed by atoms with Crippen LogP contribution in [0, 0.1) is 5.82 Å². The first-order valence-electron chi connectivity index (χ1n) is 9.70. The number of urea groups is 1. The van der Waals surface area contributed by atoms with Crippen LogP contribution < -0.4 is 0 Å². The standard InChI is InChI=1S/C20H25FN4O4/c1-22-14-19(28)25(20(22)29)8-2-3-17(26)23-9-11-24(12-10-23)18(27)13-15-4-6-16(21)7-5-15/h4-7H,2-3,8-14H2,1H3. The summed E-state index contributed by atoms with van der Waals surface area (Å²) in [4.78, 5) is 54.3. The fourth-order valence-electron chi connectivity index (χ4n) is 3.53. The van der Waals surface area contributed by atoms with E-state index in [1.165, 1.54) is 21.9 Å². The van der Waals surface area contributed by atoms with E-state index in [9.17, 15) is 23.6 Å². The first-order valence-corrected chi connectivity index (χ1v) is 9.70. The molecule has 2 saturated heterocycles. The number of rotatable bonds is 6. The topological polar surface area (TPSA) is 81.2 Å². The van der Waals surface area contributed by atoms with E-state index >= 15 is 0 Å². The molecule has 0 saturated carbocycles. The van der Waals surface area contributed by atoms with Gasteiger partial charge in [-0.05, 0) is 24.1 Å². The first kappa shape index (κ1) is 20.8. The molecule has 0 N–H and O–H groups in total. The molecule has 0 bridgehead atoms. The van der Waals surface area contributed by atoms with Gasteiger partial charge in [0.15, 0.2) is 0 Å². The lowest BCUT2D eigenvalue weighted by molar-refractivity contribution is -0.139. The number of amides is 5. The molecule has 2 fully saturated rings. The van der Waals surface area contributed by atoms with Crippen LogP contribution in [0.1, 0.15) is 18.4 Å². The van der Waals surface area contributed by atoms with Crippen molar-refractivity contribution in [1.29, 1.82) is 0 Å². The summed E-state index contributed by atoms with van der Waals surface area (Å²) < 4.78 is 13.0. The molecule has 29 heavy (non-hydrogen) atoms. The van der Waals surface area contributed by atoms with E-state index in [0.29, 0.717) is 32.6 Å². The van der Waals surface area contributed by atoms with Crippen LogP contribution in [0.4, 0.5) is 9.18 Å². The van der Waals surface area contributed by atoms with Gasteiger partial charge in [-0.2, -0.15) is 0 Å². The maximum atomic E-state index is 13.0. The Hall–Kier alpha value is -2.97. The predicted molar refractivity (Wildman–Crippen MR) is 102 cm³/mol. The van der Waals surface area contributed by atoms with Gasteiger partial charge in [0.1, 0.15) is 12.4 Å². The van der Waals surface area contributed by atoms with E-state index in [0.717, 1.165) is 5.56 Å². The molecular weight excluding hydrogens is 379 g/mol. The van der Waals surface area contributed by atoms with Gasteiger partial charge in [-0.25, -0.2) is 9.18 Å². The Balaban J connectivity index is 1.39. The molecule has 2 aliphatic heterocycles. The van der Waals surface area contributed by atoms with E-state index in [1.54, 1.807) is 29.0 Å². The van der Waals surface area contributed by atoms with E-state index in [4.69, 9.17) is 0 Å². The fourth-order valence-corrected chi connectivity index (χ4v) is 3.53. The second-order valence-corrected chi connectivity index (χ2v) is 7.35. The molecule has 156 valence electrons. The second kappa shape index (κ2) is 9.02. The van der Waals surface area contributed by atoms with E-state index in [2.05, 4.69) is 0 Å². The van der Waals surface area contributed by atoms with Crippen LogP contribution in [0.3, 0.4) is 0 Å². The maximum absolute atomic E-state index is 13.0. The summed E-state index contributed by atoms with van der Waals surface area (Å²) in [5, 5.41) is 0. The largest absolute Gasteiger partial charge is 0.339 e. The fraction of sp³-hybridized carbons (Fsp3) is 0.500. The number of benzene rings is 1. The zero-order valence-corrected chi connectivity index (χ0v) is 16.5. The Morgan fingerprint density at radius 1 is 0.966 bits per heavy atom. The molecule has 1 aromatic carbocycles. The summed E-state index contributed by atoms with van der Waals surface area (Å²) in [5.74, 6) is -0.654. The normalized spacial score (nSPS) is 17.3. The highest BCUT2D eigenvalue weighted by atomic mass is 19.1. The number of piperazine rings is 1. The summed E-state index contributed by atoms with van der Waals surface area (Å²) in [6, 6.07) is 5.54. The second-order valence-electron chi connectivity index (χ2n) is 7.35. The van der Waals surface area contributed by atoms with Crippen molar-refractivity contribution in [2.75, 3.05) is 46.3 Å². The van der Waals surface area contributed by atoms with Crippen molar-refractivity contribution in [3.8, 4) is 0 Å². The maximum Gasteiger partial charge on any atom is 0.326 e. The van der Waals surface area contributed by atoms with Gasteiger partial charge >= 0.3 is 6.03 Å². The number of likely N-dealkylation sites (N-methyl/N-ethyl adjacent to an activating group) is 1. The quantitative estimate of drug-likeness (QED) is 0.654. The average molecular weight is 404 g/mol. The lowest BCUT2D eigenvalue weighted by Crippen LogP contribution is -2.51. The molecule has 3 rings (SSSR count). The van der Waals surface area contributed by atoms with Crippen LogP contribution in [0.25, 0.3) is 0 Å². The summed E-state index contributed by atoms with van der Waals surface area (Å²) >= 11 is 0. The van der Waals surface area contributed by atoms with Gasteiger partial charge in [-0.15, -0.1) is 0 Å². The predicted octanol–water partition coefficient (Wildman–Crippen LogP) is 0.713. The van der Waals surface area contributed by atoms with Crippen molar-refractivity contribution in [3.05, 3.63) is 35.6 Å². The lowest BCUT2D eigenvalue weighted by atomic mass is 10.1. The molecule has 2 aliphatic rings. The number of hydrogen-bond acceptors (Lipinski definition) is 4. The number of nitrogens with zero attached hydrogens (tertiary/aromatic N) is 4. The molecule has 0 spiro atoms. The Morgan fingerprint density at radius 3 is 2.10 bits per heavy atom. The van der Waals surface area contributed by atoms with E-state index < -0.39 is 0 Å². The van der Waals surface area contributed by atoms with Crippen molar-refractivity contribution in [3.63, 3.8) is 0 Å².